The molecule has 5 rings (SSSR count). The van der Waals surface area contributed by atoms with Crippen molar-refractivity contribution in [2.24, 2.45) is 0 Å². The average Bonchev–Trinajstić information content (AvgIpc) is 3.51. The topological polar surface area (TPSA) is 127 Å². The highest BCUT2D eigenvalue weighted by Crippen LogP contribution is 2.28. The Bertz CT molecular complexity index is 1640. The average molecular weight is 573 g/mol. The molecule has 1 fully saturated rings. The van der Waals surface area contributed by atoms with Crippen molar-refractivity contribution in [3.8, 4) is 5.13 Å². The Morgan fingerprint density at radius 3 is 2.49 bits per heavy atom. The van der Waals surface area contributed by atoms with Crippen molar-refractivity contribution in [2.45, 2.75) is 18.7 Å². The smallest absolute Gasteiger partial charge is 0.409 e. The molecule has 4 aromatic rings. The number of amides is 2. The summed E-state index contributed by atoms with van der Waals surface area (Å²) < 4.78 is 48.2. The molecule has 14 heteroatoms. The van der Waals surface area contributed by atoms with Crippen molar-refractivity contribution in [1.29, 1.82) is 0 Å². The monoisotopic (exact) mass is 572 g/mol. The largest absolute Gasteiger partial charge is 0.450 e. The van der Waals surface area contributed by atoms with Crippen LogP contribution in [-0.2, 0) is 14.8 Å². The fourth-order valence-corrected chi connectivity index (χ4v) is 6.53. The number of benzene rings is 2. The molecule has 0 aliphatic carbocycles. The number of aromatic nitrogens is 3. The number of thiazole rings is 1. The van der Waals surface area contributed by atoms with E-state index in [9.17, 15) is 22.4 Å². The first-order valence-electron chi connectivity index (χ1n) is 12.1. The van der Waals surface area contributed by atoms with E-state index in [1.807, 2.05) is 0 Å². The second-order valence-corrected chi connectivity index (χ2v) is 11.7. The van der Waals surface area contributed by atoms with Crippen LogP contribution in [0.3, 0.4) is 0 Å². The fraction of sp³-hybridized carbons (Fsp3) is 0.280. The highest BCUT2D eigenvalue weighted by atomic mass is 32.2. The van der Waals surface area contributed by atoms with E-state index in [0.717, 1.165) is 0 Å². The molecule has 1 N–H and O–H groups in total. The van der Waals surface area contributed by atoms with E-state index in [2.05, 4.69) is 15.4 Å². The number of piperazine rings is 1. The van der Waals surface area contributed by atoms with Crippen LogP contribution in [0.4, 0.5) is 15.0 Å². The molecule has 1 saturated heterocycles. The molecule has 204 valence electrons. The summed E-state index contributed by atoms with van der Waals surface area (Å²) >= 11 is 1.24. The van der Waals surface area contributed by atoms with Gasteiger partial charge >= 0.3 is 6.09 Å². The van der Waals surface area contributed by atoms with E-state index in [-0.39, 0.29) is 49.1 Å². The number of carbonyl (C=O) groups excluding carboxylic acids is 2. The van der Waals surface area contributed by atoms with Crippen LogP contribution in [0.15, 0.2) is 53.4 Å². The van der Waals surface area contributed by atoms with E-state index in [1.54, 1.807) is 26.0 Å². The molecule has 0 unspecified atom stereocenters. The minimum Gasteiger partial charge on any atom is -0.450 e. The van der Waals surface area contributed by atoms with E-state index < -0.39 is 22.0 Å². The van der Waals surface area contributed by atoms with Crippen LogP contribution < -0.4 is 5.32 Å². The lowest BCUT2D eigenvalue weighted by molar-refractivity contribution is 0.0933. The first-order valence-corrected chi connectivity index (χ1v) is 14.4. The van der Waals surface area contributed by atoms with Crippen LogP contribution in [-0.4, -0.2) is 77.2 Å². The number of nitrogens with one attached hydrogen (secondary N) is 1. The summed E-state index contributed by atoms with van der Waals surface area (Å²) in [4.78, 5) is 30.9. The molecule has 0 atom stereocenters. The molecule has 1 aliphatic heterocycles. The molecule has 0 radical (unpaired) electrons. The molecule has 0 spiro atoms. The first-order chi connectivity index (χ1) is 18.7. The predicted molar refractivity (Wildman–Crippen MR) is 143 cm³/mol. The number of carbonyl (C=O) groups is 2. The third-order valence-corrected chi connectivity index (χ3v) is 9.02. The number of halogens is 1. The van der Waals surface area contributed by atoms with Crippen molar-refractivity contribution >= 4 is 49.4 Å². The van der Waals surface area contributed by atoms with Gasteiger partial charge in [-0.05, 0) is 56.3 Å². The van der Waals surface area contributed by atoms with Crippen LogP contribution in [0.1, 0.15) is 23.0 Å². The van der Waals surface area contributed by atoms with Crippen molar-refractivity contribution in [1.82, 2.24) is 24.0 Å². The van der Waals surface area contributed by atoms with Crippen LogP contribution in [0.5, 0.6) is 0 Å². The molecule has 2 aromatic carbocycles. The molecular formula is C25H25FN6O5S2. The van der Waals surface area contributed by atoms with E-state index in [0.29, 0.717) is 26.9 Å². The van der Waals surface area contributed by atoms with Crippen molar-refractivity contribution in [3.63, 3.8) is 0 Å². The van der Waals surface area contributed by atoms with Gasteiger partial charge in [0, 0.05) is 37.8 Å². The third-order valence-electron chi connectivity index (χ3n) is 6.11. The van der Waals surface area contributed by atoms with E-state index in [1.165, 1.54) is 61.6 Å². The Kier molecular flexibility index (Phi) is 7.34. The van der Waals surface area contributed by atoms with Crippen molar-refractivity contribution in [3.05, 3.63) is 65.6 Å². The second-order valence-electron chi connectivity index (χ2n) is 8.76. The van der Waals surface area contributed by atoms with Gasteiger partial charge in [-0.2, -0.15) is 14.1 Å². The molecule has 1 aliphatic rings. The van der Waals surface area contributed by atoms with Crippen molar-refractivity contribution < 1.29 is 27.1 Å². The summed E-state index contributed by atoms with van der Waals surface area (Å²) in [7, 11) is -3.80. The van der Waals surface area contributed by atoms with Crippen LogP contribution in [0, 0.1) is 12.7 Å². The van der Waals surface area contributed by atoms with Crippen LogP contribution in [0.25, 0.3) is 15.3 Å². The summed E-state index contributed by atoms with van der Waals surface area (Å²) in [6.45, 7) is 4.48. The maximum Gasteiger partial charge on any atom is 0.409 e. The zero-order valence-corrected chi connectivity index (χ0v) is 22.8. The van der Waals surface area contributed by atoms with Gasteiger partial charge in [-0.3, -0.25) is 4.79 Å². The Hall–Kier alpha value is -3.88. The standard InChI is InChI=1S/C25H25FN6O5S2/c1-3-37-25(34)30-10-12-31(13-11-30)39(35,36)19-7-4-17(5-8-19)23(33)28-22-14-16(2)29-32(22)24-27-20-9-6-18(26)15-21(20)38-24/h4-9,14-15H,3,10-13H2,1-2H3,(H,28,33). The minimum absolute atomic E-state index is 0.0474. The number of anilines is 1. The summed E-state index contributed by atoms with van der Waals surface area (Å²) in [6.07, 6.45) is -0.460. The van der Waals surface area contributed by atoms with Gasteiger partial charge in [0.1, 0.15) is 11.6 Å². The Morgan fingerprint density at radius 1 is 1.08 bits per heavy atom. The molecule has 2 amide bonds. The zero-order valence-electron chi connectivity index (χ0n) is 21.1. The molecule has 11 nitrogen and oxygen atoms in total. The quantitative estimate of drug-likeness (QED) is 0.374. The molecule has 0 saturated carbocycles. The lowest BCUT2D eigenvalue weighted by Gasteiger charge is -2.33. The Labute approximate surface area is 227 Å². The van der Waals surface area contributed by atoms with Gasteiger partial charge < -0.3 is 15.0 Å². The highest BCUT2D eigenvalue weighted by Gasteiger charge is 2.30. The Morgan fingerprint density at radius 2 is 1.79 bits per heavy atom. The maximum atomic E-state index is 13.6. The molecular weight excluding hydrogens is 547 g/mol. The summed E-state index contributed by atoms with van der Waals surface area (Å²) in [6, 6.07) is 11.6. The lowest BCUT2D eigenvalue weighted by Crippen LogP contribution is -2.50. The fourth-order valence-electron chi connectivity index (χ4n) is 4.15. The number of ether oxygens (including phenoxy) is 1. The first kappa shape index (κ1) is 26.7. The number of rotatable bonds is 6. The Balaban J connectivity index is 1.29. The highest BCUT2D eigenvalue weighted by molar-refractivity contribution is 7.89. The number of hydrogen-bond donors (Lipinski definition) is 1. The number of nitrogens with zero attached hydrogens (tertiary/aromatic N) is 5. The van der Waals surface area contributed by atoms with Gasteiger partial charge in [0.15, 0.2) is 0 Å². The van der Waals surface area contributed by atoms with Crippen LogP contribution >= 0.6 is 11.3 Å². The minimum atomic E-state index is -3.80. The van der Waals surface area contributed by atoms with E-state index >= 15 is 0 Å². The number of aryl methyl sites for hydroxylation is 1. The van der Waals surface area contributed by atoms with Crippen molar-refractivity contribution in [2.75, 3.05) is 38.1 Å². The van der Waals surface area contributed by atoms with Gasteiger partial charge in [0.05, 0.1) is 27.4 Å². The van der Waals surface area contributed by atoms with Gasteiger partial charge in [-0.25, -0.2) is 22.6 Å². The second kappa shape index (κ2) is 10.7. The lowest BCUT2D eigenvalue weighted by atomic mass is 10.2. The van der Waals surface area contributed by atoms with Gasteiger partial charge in [-0.15, -0.1) is 0 Å². The van der Waals surface area contributed by atoms with Gasteiger partial charge in [0.25, 0.3) is 5.91 Å². The summed E-state index contributed by atoms with van der Waals surface area (Å²) in [5.41, 5.74) is 1.50. The SMILES string of the molecule is CCOC(=O)N1CCN(S(=O)(=O)c2ccc(C(=O)Nc3cc(C)nn3-c3nc4ccc(F)cc4s3)cc2)CC1. The summed E-state index contributed by atoms with van der Waals surface area (Å²) in [5, 5.41) is 7.66. The van der Waals surface area contributed by atoms with E-state index in [4.69, 9.17) is 4.74 Å². The predicted octanol–water partition coefficient (Wildman–Crippen LogP) is 3.64. The van der Waals surface area contributed by atoms with Crippen LogP contribution in [0.2, 0.25) is 0 Å². The summed E-state index contributed by atoms with van der Waals surface area (Å²) in [5.74, 6) is -0.462. The molecule has 2 aromatic heterocycles. The molecule has 0 bridgehead atoms. The number of sulfonamides is 1. The number of hydrogen-bond acceptors (Lipinski definition) is 8. The number of fused-ring (bicyclic) bond motifs is 1. The maximum absolute atomic E-state index is 13.6. The normalized spacial score (nSPS) is 14.5. The van der Waals surface area contributed by atoms with Gasteiger partial charge in [0.2, 0.25) is 15.2 Å². The molecule has 3 heterocycles. The zero-order chi connectivity index (χ0) is 27.7. The third kappa shape index (κ3) is 5.48. The molecule has 39 heavy (non-hydrogen) atoms. The van der Waals surface area contributed by atoms with Gasteiger partial charge in [-0.1, -0.05) is 11.3 Å².